The summed E-state index contributed by atoms with van der Waals surface area (Å²) in [5.74, 6) is 0. The van der Waals surface area contributed by atoms with Crippen molar-refractivity contribution in [2.24, 2.45) is 0 Å². The molecule has 0 aromatic heterocycles. The number of nitrogens with one attached hydrogen (secondary N) is 1. The Balaban J connectivity index is 2.76. The van der Waals surface area contributed by atoms with Gasteiger partial charge in [-0.1, -0.05) is 19.1 Å². The van der Waals surface area contributed by atoms with Crippen LogP contribution in [0.15, 0.2) is 24.3 Å². The Morgan fingerprint density at radius 3 is 2.20 bits per heavy atom. The molecule has 0 bridgehead atoms. The first kappa shape index (κ1) is 17.0. The molecule has 0 aliphatic heterocycles. The van der Waals surface area contributed by atoms with Crippen LogP contribution in [0.1, 0.15) is 43.9 Å². The first-order chi connectivity index (χ1) is 9.38. The van der Waals surface area contributed by atoms with E-state index in [0.717, 1.165) is 37.1 Å². The van der Waals surface area contributed by atoms with Crippen molar-refractivity contribution in [3.8, 4) is 0 Å². The molecule has 0 radical (unpaired) electrons. The molecule has 1 aromatic carbocycles. The minimum Gasteiger partial charge on any atom is -0.382 e. The van der Waals surface area contributed by atoms with Crippen molar-refractivity contribution < 1.29 is 17.9 Å². The maximum absolute atomic E-state index is 12.5. The van der Waals surface area contributed by atoms with Crippen molar-refractivity contribution in [2.75, 3.05) is 13.7 Å². The maximum atomic E-state index is 12.5. The van der Waals surface area contributed by atoms with Gasteiger partial charge in [-0.2, -0.15) is 13.2 Å². The lowest BCUT2D eigenvalue weighted by Crippen LogP contribution is -2.22. The Labute approximate surface area is 118 Å². The molecule has 0 amide bonds. The van der Waals surface area contributed by atoms with Gasteiger partial charge in [0.1, 0.15) is 0 Å². The van der Waals surface area contributed by atoms with Crippen LogP contribution in [-0.4, -0.2) is 19.8 Å². The van der Waals surface area contributed by atoms with E-state index in [1.165, 1.54) is 0 Å². The van der Waals surface area contributed by atoms with Gasteiger partial charge in [0.2, 0.25) is 0 Å². The molecular weight excluding hydrogens is 267 g/mol. The molecule has 0 fully saturated rings. The second kappa shape index (κ2) is 7.64. The highest BCUT2D eigenvalue weighted by molar-refractivity contribution is 5.26. The summed E-state index contributed by atoms with van der Waals surface area (Å²) in [6, 6.07) is 5.43. The zero-order chi connectivity index (χ0) is 15.2. The van der Waals surface area contributed by atoms with Crippen LogP contribution >= 0.6 is 0 Å². The van der Waals surface area contributed by atoms with Crippen molar-refractivity contribution in [3.05, 3.63) is 35.4 Å². The molecule has 2 nitrogen and oxygen atoms in total. The van der Waals surface area contributed by atoms with Crippen molar-refractivity contribution in [1.29, 1.82) is 0 Å². The summed E-state index contributed by atoms with van der Waals surface area (Å²) in [6.45, 7) is 4.74. The standard InChI is InChI=1S/C15H22F3NO/c1-4-19-14(10-5-11(2)20-3)12-6-8-13(9-7-12)15(16,17)18/h6-9,11,14,19H,4-5,10H2,1-3H3. The van der Waals surface area contributed by atoms with Gasteiger partial charge in [-0.15, -0.1) is 0 Å². The van der Waals surface area contributed by atoms with Crippen LogP contribution in [0, 0.1) is 0 Å². The van der Waals surface area contributed by atoms with E-state index in [1.807, 2.05) is 13.8 Å². The Hall–Kier alpha value is -1.07. The van der Waals surface area contributed by atoms with Crippen LogP contribution in [0.5, 0.6) is 0 Å². The molecule has 2 unspecified atom stereocenters. The van der Waals surface area contributed by atoms with E-state index >= 15 is 0 Å². The number of hydrogen-bond donors (Lipinski definition) is 1. The molecule has 2 atom stereocenters. The van der Waals surface area contributed by atoms with Crippen molar-refractivity contribution in [1.82, 2.24) is 5.32 Å². The molecule has 0 saturated carbocycles. The largest absolute Gasteiger partial charge is 0.416 e. The second-order valence-electron chi connectivity index (χ2n) is 4.85. The van der Waals surface area contributed by atoms with E-state index in [2.05, 4.69) is 5.32 Å². The van der Waals surface area contributed by atoms with E-state index in [9.17, 15) is 13.2 Å². The average molecular weight is 289 g/mol. The van der Waals surface area contributed by atoms with Gasteiger partial charge in [-0.05, 0) is 44.0 Å². The molecule has 20 heavy (non-hydrogen) atoms. The first-order valence-corrected chi connectivity index (χ1v) is 6.81. The number of hydrogen-bond acceptors (Lipinski definition) is 2. The Morgan fingerprint density at radius 1 is 1.15 bits per heavy atom. The van der Waals surface area contributed by atoms with E-state index in [1.54, 1.807) is 19.2 Å². The summed E-state index contributed by atoms with van der Waals surface area (Å²) < 4.78 is 42.8. The fourth-order valence-corrected chi connectivity index (χ4v) is 2.06. The summed E-state index contributed by atoms with van der Waals surface area (Å²) in [7, 11) is 1.66. The van der Waals surface area contributed by atoms with Gasteiger partial charge in [0.05, 0.1) is 11.7 Å². The van der Waals surface area contributed by atoms with Gasteiger partial charge >= 0.3 is 6.18 Å². The zero-order valence-electron chi connectivity index (χ0n) is 12.1. The predicted molar refractivity (Wildman–Crippen MR) is 73.6 cm³/mol. The molecule has 1 aromatic rings. The quantitative estimate of drug-likeness (QED) is 0.813. The summed E-state index contributed by atoms with van der Waals surface area (Å²) in [6.07, 6.45) is -2.45. The fourth-order valence-electron chi connectivity index (χ4n) is 2.06. The fraction of sp³-hybridized carbons (Fsp3) is 0.600. The number of benzene rings is 1. The van der Waals surface area contributed by atoms with Crippen LogP contribution in [-0.2, 0) is 10.9 Å². The van der Waals surface area contributed by atoms with Gasteiger partial charge in [-0.25, -0.2) is 0 Å². The van der Waals surface area contributed by atoms with Crippen LogP contribution in [0.3, 0.4) is 0 Å². The topological polar surface area (TPSA) is 21.3 Å². The molecule has 1 N–H and O–H groups in total. The average Bonchev–Trinajstić information content (AvgIpc) is 2.42. The monoisotopic (exact) mass is 289 g/mol. The van der Waals surface area contributed by atoms with Crippen molar-refractivity contribution >= 4 is 0 Å². The number of halogens is 3. The Morgan fingerprint density at radius 2 is 1.75 bits per heavy atom. The van der Waals surface area contributed by atoms with Crippen LogP contribution in [0.25, 0.3) is 0 Å². The van der Waals surface area contributed by atoms with Gasteiger partial charge < -0.3 is 10.1 Å². The van der Waals surface area contributed by atoms with Crippen LogP contribution in [0.4, 0.5) is 13.2 Å². The van der Waals surface area contributed by atoms with Gasteiger partial charge in [0.15, 0.2) is 0 Å². The van der Waals surface area contributed by atoms with Crippen molar-refractivity contribution in [3.63, 3.8) is 0 Å². The number of ether oxygens (including phenoxy) is 1. The maximum Gasteiger partial charge on any atom is 0.416 e. The lowest BCUT2D eigenvalue weighted by Gasteiger charge is -2.20. The lowest BCUT2D eigenvalue weighted by molar-refractivity contribution is -0.137. The third-order valence-electron chi connectivity index (χ3n) is 3.36. The zero-order valence-corrected chi connectivity index (χ0v) is 12.1. The van der Waals surface area contributed by atoms with E-state index in [0.29, 0.717) is 0 Å². The molecule has 0 spiro atoms. The molecule has 0 aliphatic rings. The van der Waals surface area contributed by atoms with E-state index in [4.69, 9.17) is 4.74 Å². The summed E-state index contributed by atoms with van der Waals surface area (Å²) >= 11 is 0. The van der Waals surface area contributed by atoms with Crippen molar-refractivity contribution in [2.45, 2.75) is 45.0 Å². The van der Waals surface area contributed by atoms with Gasteiger partial charge in [-0.3, -0.25) is 0 Å². The molecule has 0 heterocycles. The van der Waals surface area contributed by atoms with E-state index in [-0.39, 0.29) is 12.1 Å². The number of alkyl halides is 3. The first-order valence-electron chi connectivity index (χ1n) is 6.81. The highest BCUT2D eigenvalue weighted by atomic mass is 19.4. The van der Waals surface area contributed by atoms with Crippen LogP contribution < -0.4 is 5.32 Å². The summed E-state index contributed by atoms with van der Waals surface area (Å²) in [4.78, 5) is 0. The minimum atomic E-state index is -4.28. The lowest BCUT2D eigenvalue weighted by atomic mass is 9.99. The third-order valence-corrected chi connectivity index (χ3v) is 3.36. The van der Waals surface area contributed by atoms with Gasteiger partial charge in [0, 0.05) is 13.2 Å². The molecule has 0 saturated heterocycles. The molecule has 1 rings (SSSR count). The molecule has 5 heteroatoms. The Kier molecular flexibility index (Phi) is 6.49. The minimum absolute atomic E-state index is 0.0554. The molecular formula is C15H22F3NO. The normalized spacial score (nSPS) is 15.1. The highest BCUT2D eigenvalue weighted by Crippen LogP contribution is 2.30. The SMILES string of the molecule is CCNC(CCC(C)OC)c1ccc(C(F)(F)F)cc1. The van der Waals surface area contributed by atoms with Crippen LogP contribution in [0.2, 0.25) is 0 Å². The predicted octanol–water partition coefficient (Wildman–Crippen LogP) is 4.17. The highest BCUT2D eigenvalue weighted by Gasteiger charge is 2.30. The van der Waals surface area contributed by atoms with E-state index < -0.39 is 11.7 Å². The summed E-state index contributed by atoms with van der Waals surface area (Å²) in [5.41, 5.74) is 0.268. The third kappa shape index (κ3) is 5.13. The Bertz CT molecular complexity index is 389. The number of methoxy groups -OCH3 is 1. The second-order valence-corrected chi connectivity index (χ2v) is 4.85. The van der Waals surface area contributed by atoms with Gasteiger partial charge in [0.25, 0.3) is 0 Å². The summed E-state index contributed by atoms with van der Waals surface area (Å²) in [5, 5.41) is 3.30. The smallest absolute Gasteiger partial charge is 0.382 e. The molecule has 114 valence electrons. The molecule has 0 aliphatic carbocycles. The number of rotatable bonds is 7.